The summed E-state index contributed by atoms with van der Waals surface area (Å²) in [7, 11) is 0. The lowest BCUT2D eigenvalue weighted by Gasteiger charge is -2.20. The van der Waals surface area contributed by atoms with E-state index in [2.05, 4.69) is 44.5 Å². The summed E-state index contributed by atoms with van der Waals surface area (Å²) in [4.78, 5) is 4.78. The van der Waals surface area contributed by atoms with E-state index in [9.17, 15) is 0 Å². The molecule has 0 saturated carbocycles. The first-order chi connectivity index (χ1) is 9.47. The van der Waals surface area contributed by atoms with Crippen LogP contribution in [0.3, 0.4) is 0 Å². The van der Waals surface area contributed by atoms with E-state index in [1.54, 1.807) is 11.3 Å². The summed E-state index contributed by atoms with van der Waals surface area (Å²) in [5.41, 5.74) is 2.32. The van der Waals surface area contributed by atoms with Crippen molar-refractivity contribution in [2.75, 3.05) is 0 Å². The fraction of sp³-hybridized carbons (Fsp3) is 0.438. The molecule has 0 amide bonds. The van der Waals surface area contributed by atoms with Gasteiger partial charge in [-0.2, -0.15) is 0 Å². The number of thiazole rings is 1. The third-order valence-electron chi connectivity index (χ3n) is 3.06. The maximum absolute atomic E-state index is 6.12. The Balaban J connectivity index is 2.36. The highest BCUT2D eigenvalue weighted by atomic mass is 35.5. The van der Waals surface area contributed by atoms with Crippen molar-refractivity contribution in [3.05, 3.63) is 50.9 Å². The molecule has 0 saturated heterocycles. The summed E-state index contributed by atoms with van der Waals surface area (Å²) >= 11 is 7.84. The molecule has 2 nitrogen and oxygen atoms in total. The first-order valence-corrected chi connectivity index (χ1v) is 8.20. The molecule has 2 rings (SSSR count). The van der Waals surface area contributed by atoms with Gasteiger partial charge in [0.2, 0.25) is 0 Å². The molecule has 0 aliphatic rings. The van der Waals surface area contributed by atoms with Gasteiger partial charge in [-0.1, -0.05) is 37.6 Å². The van der Waals surface area contributed by atoms with Crippen LogP contribution >= 0.6 is 22.9 Å². The third-order valence-corrected chi connectivity index (χ3v) is 4.22. The van der Waals surface area contributed by atoms with Crippen molar-refractivity contribution < 1.29 is 0 Å². The molecule has 108 valence electrons. The van der Waals surface area contributed by atoms with Crippen LogP contribution in [0.25, 0.3) is 0 Å². The largest absolute Gasteiger partial charge is 0.302 e. The standard InChI is InChI=1S/C16H21ClN2S/c1-10(2)14-9-20-16(19-14)15(18-11(3)4)12-6-5-7-13(17)8-12/h5-11,15,18H,1-4H3. The van der Waals surface area contributed by atoms with Crippen molar-refractivity contribution in [2.24, 2.45) is 0 Å². The van der Waals surface area contributed by atoms with Gasteiger partial charge in [0.15, 0.2) is 0 Å². The average Bonchev–Trinajstić information content (AvgIpc) is 2.85. The number of nitrogens with one attached hydrogen (secondary N) is 1. The minimum atomic E-state index is 0.103. The van der Waals surface area contributed by atoms with E-state index in [1.807, 2.05) is 18.2 Å². The predicted molar refractivity (Wildman–Crippen MR) is 87.8 cm³/mol. The Hall–Kier alpha value is -0.900. The molecule has 1 aromatic heterocycles. The molecule has 20 heavy (non-hydrogen) atoms. The van der Waals surface area contributed by atoms with E-state index >= 15 is 0 Å². The molecule has 1 unspecified atom stereocenters. The second-order valence-electron chi connectivity index (χ2n) is 5.57. The molecule has 1 N–H and O–H groups in total. The van der Waals surface area contributed by atoms with Crippen LogP contribution in [0.5, 0.6) is 0 Å². The summed E-state index contributed by atoms with van der Waals surface area (Å²) in [6.07, 6.45) is 0. The van der Waals surface area contributed by atoms with E-state index in [-0.39, 0.29) is 6.04 Å². The molecule has 0 aliphatic carbocycles. The van der Waals surface area contributed by atoms with E-state index in [0.29, 0.717) is 12.0 Å². The lowest BCUT2D eigenvalue weighted by molar-refractivity contribution is 0.525. The smallest absolute Gasteiger partial charge is 0.114 e. The van der Waals surface area contributed by atoms with Crippen molar-refractivity contribution >= 4 is 22.9 Å². The Morgan fingerprint density at radius 2 is 1.95 bits per heavy atom. The van der Waals surface area contributed by atoms with Crippen molar-refractivity contribution in [2.45, 2.75) is 45.7 Å². The van der Waals surface area contributed by atoms with Crippen LogP contribution in [0, 0.1) is 0 Å². The van der Waals surface area contributed by atoms with Crippen LogP contribution < -0.4 is 5.32 Å². The van der Waals surface area contributed by atoms with E-state index in [1.165, 1.54) is 0 Å². The van der Waals surface area contributed by atoms with Gasteiger partial charge < -0.3 is 5.32 Å². The minimum absolute atomic E-state index is 0.103. The van der Waals surface area contributed by atoms with Crippen LogP contribution in [-0.4, -0.2) is 11.0 Å². The van der Waals surface area contributed by atoms with Crippen LogP contribution in [0.1, 0.15) is 55.9 Å². The second-order valence-corrected chi connectivity index (χ2v) is 6.90. The van der Waals surface area contributed by atoms with Gasteiger partial charge in [0, 0.05) is 16.4 Å². The van der Waals surface area contributed by atoms with Gasteiger partial charge in [-0.3, -0.25) is 0 Å². The number of aromatic nitrogens is 1. The zero-order valence-corrected chi connectivity index (χ0v) is 13.9. The summed E-state index contributed by atoms with van der Waals surface area (Å²) in [6.45, 7) is 8.63. The van der Waals surface area contributed by atoms with E-state index < -0.39 is 0 Å². The Bertz CT molecular complexity index is 563. The Kier molecular flexibility index (Phi) is 5.19. The van der Waals surface area contributed by atoms with Gasteiger partial charge in [0.25, 0.3) is 0 Å². The molecular weight excluding hydrogens is 288 g/mol. The highest BCUT2D eigenvalue weighted by molar-refractivity contribution is 7.09. The monoisotopic (exact) mass is 308 g/mol. The molecular formula is C16H21ClN2S. The third kappa shape index (κ3) is 3.81. The van der Waals surface area contributed by atoms with Crippen LogP contribution in [0.2, 0.25) is 5.02 Å². The molecule has 0 aliphatic heterocycles. The van der Waals surface area contributed by atoms with Gasteiger partial charge in [0.1, 0.15) is 5.01 Å². The van der Waals surface area contributed by atoms with Gasteiger partial charge in [-0.05, 0) is 37.5 Å². The second kappa shape index (κ2) is 6.70. The molecule has 2 aromatic rings. The summed E-state index contributed by atoms with van der Waals surface area (Å²) in [5, 5.41) is 7.60. The van der Waals surface area contributed by atoms with Crippen molar-refractivity contribution in [1.82, 2.24) is 10.3 Å². The zero-order chi connectivity index (χ0) is 14.7. The molecule has 1 atom stereocenters. The van der Waals surface area contributed by atoms with Crippen LogP contribution in [-0.2, 0) is 0 Å². The fourth-order valence-corrected chi connectivity index (χ4v) is 3.29. The van der Waals surface area contributed by atoms with Gasteiger partial charge in [0.05, 0.1) is 11.7 Å². The topological polar surface area (TPSA) is 24.9 Å². The van der Waals surface area contributed by atoms with E-state index in [4.69, 9.17) is 16.6 Å². The fourth-order valence-electron chi connectivity index (χ4n) is 2.03. The molecule has 0 spiro atoms. The van der Waals surface area contributed by atoms with Gasteiger partial charge in [-0.25, -0.2) is 4.98 Å². The maximum Gasteiger partial charge on any atom is 0.114 e. The molecule has 1 heterocycles. The number of hydrogen-bond acceptors (Lipinski definition) is 3. The number of rotatable bonds is 5. The predicted octanol–water partition coefficient (Wildman–Crippen LogP) is 5.01. The molecule has 1 aromatic carbocycles. The lowest BCUT2D eigenvalue weighted by Crippen LogP contribution is -2.29. The summed E-state index contributed by atoms with van der Waals surface area (Å²) in [6, 6.07) is 8.49. The highest BCUT2D eigenvalue weighted by Crippen LogP contribution is 2.29. The van der Waals surface area contributed by atoms with E-state index in [0.717, 1.165) is 21.3 Å². The summed E-state index contributed by atoms with van der Waals surface area (Å²) < 4.78 is 0. The lowest BCUT2D eigenvalue weighted by atomic mass is 10.1. The number of halogens is 1. The Morgan fingerprint density at radius 1 is 1.20 bits per heavy atom. The normalized spacial score (nSPS) is 13.2. The van der Waals surface area contributed by atoms with Gasteiger partial charge >= 0.3 is 0 Å². The zero-order valence-electron chi connectivity index (χ0n) is 12.4. The SMILES string of the molecule is CC(C)NC(c1cccc(Cl)c1)c1nc(C(C)C)cs1. The maximum atomic E-state index is 6.12. The van der Waals surface area contributed by atoms with Crippen molar-refractivity contribution in [1.29, 1.82) is 0 Å². The Morgan fingerprint density at radius 3 is 2.50 bits per heavy atom. The molecule has 4 heteroatoms. The van der Waals surface area contributed by atoms with Crippen LogP contribution in [0.15, 0.2) is 29.6 Å². The molecule has 0 bridgehead atoms. The first-order valence-electron chi connectivity index (χ1n) is 6.94. The highest BCUT2D eigenvalue weighted by Gasteiger charge is 2.19. The average molecular weight is 309 g/mol. The quantitative estimate of drug-likeness (QED) is 0.840. The molecule has 0 fully saturated rings. The summed E-state index contributed by atoms with van der Waals surface area (Å²) in [5.74, 6) is 0.457. The number of nitrogens with zero attached hydrogens (tertiary/aromatic N) is 1. The Labute approximate surface area is 130 Å². The number of hydrogen-bond donors (Lipinski definition) is 1. The van der Waals surface area contributed by atoms with Crippen molar-refractivity contribution in [3.63, 3.8) is 0 Å². The van der Waals surface area contributed by atoms with Crippen LogP contribution in [0.4, 0.5) is 0 Å². The van der Waals surface area contributed by atoms with Crippen molar-refractivity contribution in [3.8, 4) is 0 Å². The molecule has 0 radical (unpaired) electrons. The van der Waals surface area contributed by atoms with Gasteiger partial charge in [-0.15, -0.1) is 11.3 Å². The number of benzene rings is 1. The minimum Gasteiger partial charge on any atom is -0.302 e. The first kappa shape index (κ1) is 15.5.